The smallest absolute Gasteiger partial charge is 0.312 e. The van der Waals surface area contributed by atoms with Crippen molar-refractivity contribution >= 4 is 15.8 Å². The molecule has 0 spiro atoms. The standard InChI is InChI=1S/C7H8N2O5S/c10-6(11)1-5-8-7(9-14-5)4-2-15(12,13)3-4/h4H,1-3H2,(H,10,11). The maximum atomic E-state index is 10.9. The first kappa shape index (κ1) is 10.1. The summed E-state index contributed by atoms with van der Waals surface area (Å²) in [6.45, 7) is 0. The monoisotopic (exact) mass is 232 g/mol. The highest BCUT2D eigenvalue weighted by Crippen LogP contribution is 2.26. The van der Waals surface area contributed by atoms with Crippen molar-refractivity contribution in [1.29, 1.82) is 0 Å². The largest absolute Gasteiger partial charge is 0.481 e. The average molecular weight is 232 g/mol. The summed E-state index contributed by atoms with van der Waals surface area (Å²) in [5.41, 5.74) is 0. The van der Waals surface area contributed by atoms with Crippen LogP contribution < -0.4 is 0 Å². The van der Waals surface area contributed by atoms with E-state index in [1.54, 1.807) is 0 Å². The van der Waals surface area contributed by atoms with Crippen LogP contribution >= 0.6 is 0 Å². The molecule has 1 aromatic heterocycles. The Hall–Kier alpha value is -1.44. The van der Waals surface area contributed by atoms with E-state index in [1.165, 1.54) is 0 Å². The molecule has 1 aliphatic rings. The van der Waals surface area contributed by atoms with Crippen LogP contribution in [0.2, 0.25) is 0 Å². The lowest BCUT2D eigenvalue weighted by atomic mass is 10.2. The van der Waals surface area contributed by atoms with Crippen LogP contribution in [0.15, 0.2) is 4.52 Å². The summed E-state index contributed by atoms with van der Waals surface area (Å²) in [5, 5.41) is 12.0. The van der Waals surface area contributed by atoms with Crippen molar-refractivity contribution in [2.45, 2.75) is 12.3 Å². The van der Waals surface area contributed by atoms with Crippen LogP contribution in [0.3, 0.4) is 0 Å². The van der Waals surface area contributed by atoms with Crippen LogP contribution in [-0.2, 0) is 21.1 Å². The van der Waals surface area contributed by atoms with Crippen LogP contribution in [-0.4, -0.2) is 41.1 Å². The fraction of sp³-hybridized carbons (Fsp3) is 0.571. The van der Waals surface area contributed by atoms with E-state index in [4.69, 9.17) is 5.11 Å². The molecule has 1 saturated heterocycles. The summed E-state index contributed by atoms with van der Waals surface area (Å²) in [6.07, 6.45) is -0.341. The molecule has 1 aromatic rings. The third kappa shape index (κ3) is 2.14. The molecule has 0 radical (unpaired) electrons. The fourth-order valence-corrected chi connectivity index (χ4v) is 2.77. The van der Waals surface area contributed by atoms with Crippen LogP contribution in [0.25, 0.3) is 0 Å². The van der Waals surface area contributed by atoms with E-state index in [9.17, 15) is 13.2 Å². The number of hydrogen-bond acceptors (Lipinski definition) is 6. The Morgan fingerprint density at radius 3 is 2.73 bits per heavy atom. The number of hydrogen-bond donors (Lipinski definition) is 1. The molecule has 0 saturated carbocycles. The molecule has 7 nitrogen and oxygen atoms in total. The molecule has 0 amide bonds. The molecule has 1 N–H and O–H groups in total. The molecule has 2 heterocycles. The third-order valence-corrected chi connectivity index (χ3v) is 3.88. The number of nitrogens with zero attached hydrogens (tertiary/aromatic N) is 2. The normalized spacial score (nSPS) is 19.7. The van der Waals surface area contributed by atoms with Gasteiger partial charge in [0.25, 0.3) is 0 Å². The summed E-state index contributed by atoms with van der Waals surface area (Å²) in [5.74, 6) is -1.01. The zero-order chi connectivity index (χ0) is 11.1. The van der Waals surface area contributed by atoms with E-state index in [-0.39, 0.29) is 35.6 Å². The lowest BCUT2D eigenvalue weighted by Gasteiger charge is -2.21. The van der Waals surface area contributed by atoms with Gasteiger partial charge in [-0.15, -0.1) is 0 Å². The van der Waals surface area contributed by atoms with Gasteiger partial charge in [0.15, 0.2) is 15.7 Å². The molecule has 82 valence electrons. The van der Waals surface area contributed by atoms with Crippen molar-refractivity contribution in [2.75, 3.05) is 11.5 Å². The number of aromatic nitrogens is 2. The lowest BCUT2D eigenvalue weighted by Crippen LogP contribution is -2.34. The molecule has 0 atom stereocenters. The summed E-state index contributed by atoms with van der Waals surface area (Å²) in [4.78, 5) is 14.1. The maximum Gasteiger partial charge on any atom is 0.312 e. The predicted molar refractivity (Wildman–Crippen MR) is 47.0 cm³/mol. The van der Waals surface area contributed by atoms with Crippen LogP contribution in [0.5, 0.6) is 0 Å². The number of rotatable bonds is 3. The summed E-state index contributed by atoms with van der Waals surface area (Å²) in [6, 6.07) is 0. The Balaban J connectivity index is 2.05. The Labute approximate surface area is 85.0 Å². The second-order valence-corrected chi connectivity index (χ2v) is 5.54. The molecule has 0 aliphatic carbocycles. The van der Waals surface area contributed by atoms with E-state index in [2.05, 4.69) is 14.7 Å². The molecular weight excluding hydrogens is 224 g/mol. The van der Waals surface area contributed by atoms with E-state index < -0.39 is 15.8 Å². The Bertz CT molecular complexity index is 479. The topological polar surface area (TPSA) is 110 Å². The Morgan fingerprint density at radius 2 is 2.20 bits per heavy atom. The zero-order valence-electron chi connectivity index (χ0n) is 7.58. The number of carboxylic acids is 1. The van der Waals surface area contributed by atoms with E-state index in [0.29, 0.717) is 0 Å². The van der Waals surface area contributed by atoms with Gasteiger partial charge >= 0.3 is 5.97 Å². The average Bonchev–Trinajstić information content (AvgIpc) is 2.47. The first-order chi connectivity index (χ1) is 6.96. The molecule has 0 bridgehead atoms. The second kappa shape index (κ2) is 3.30. The minimum Gasteiger partial charge on any atom is -0.481 e. The summed E-state index contributed by atoms with van der Waals surface area (Å²) < 4.78 is 26.4. The molecule has 0 aromatic carbocycles. The molecule has 15 heavy (non-hydrogen) atoms. The maximum absolute atomic E-state index is 10.9. The number of aliphatic carboxylic acids is 1. The quantitative estimate of drug-likeness (QED) is 0.726. The van der Waals surface area contributed by atoms with Gasteiger partial charge in [-0.2, -0.15) is 4.98 Å². The van der Waals surface area contributed by atoms with Gasteiger partial charge in [-0.25, -0.2) is 8.42 Å². The lowest BCUT2D eigenvalue weighted by molar-refractivity contribution is -0.136. The Kier molecular flexibility index (Phi) is 2.22. The van der Waals surface area contributed by atoms with Gasteiger partial charge < -0.3 is 9.63 Å². The second-order valence-electron chi connectivity index (χ2n) is 3.39. The highest BCUT2D eigenvalue weighted by Gasteiger charge is 2.37. The van der Waals surface area contributed by atoms with Gasteiger partial charge in [-0.05, 0) is 0 Å². The van der Waals surface area contributed by atoms with E-state index in [0.717, 1.165) is 0 Å². The number of sulfone groups is 1. The molecular formula is C7H8N2O5S. The van der Waals surface area contributed by atoms with Gasteiger partial charge in [-0.1, -0.05) is 5.16 Å². The van der Waals surface area contributed by atoms with Crippen molar-refractivity contribution in [3.63, 3.8) is 0 Å². The minimum absolute atomic E-state index is 0.00166. The van der Waals surface area contributed by atoms with Crippen LogP contribution in [0, 0.1) is 0 Å². The zero-order valence-corrected chi connectivity index (χ0v) is 8.40. The van der Waals surface area contributed by atoms with Crippen LogP contribution in [0.1, 0.15) is 17.6 Å². The van der Waals surface area contributed by atoms with Crippen molar-refractivity contribution in [1.82, 2.24) is 10.1 Å². The fourth-order valence-electron chi connectivity index (χ4n) is 1.35. The molecule has 2 rings (SSSR count). The first-order valence-electron chi connectivity index (χ1n) is 4.21. The molecule has 1 fully saturated rings. The summed E-state index contributed by atoms with van der Waals surface area (Å²) >= 11 is 0. The highest BCUT2D eigenvalue weighted by molar-refractivity contribution is 7.92. The minimum atomic E-state index is -2.93. The van der Waals surface area contributed by atoms with Gasteiger partial charge in [0.05, 0.1) is 17.4 Å². The van der Waals surface area contributed by atoms with Gasteiger partial charge in [0, 0.05) is 0 Å². The molecule has 0 unspecified atom stereocenters. The summed E-state index contributed by atoms with van der Waals surface area (Å²) in [7, 11) is -2.93. The first-order valence-corrected chi connectivity index (χ1v) is 6.03. The molecule has 8 heteroatoms. The van der Waals surface area contributed by atoms with Crippen molar-refractivity contribution in [3.05, 3.63) is 11.7 Å². The highest BCUT2D eigenvalue weighted by atomic mass is 32.2. The van der Waals surface area contributed by atoms with Crippen molar-refractivity contribution in [2.24, 2.45) is 0 Å². The van der Waals surface area contributed by atoms with Gasteiger partial charge in [-0.3, -0.25) is 4.79 Å². The predicted octanol–water partition coefficient (Wildman–Crippen LogP) is -0.791. The van der Waals surface area contributed by atoms with E-state index >= 15 is 0 Å². The van der Waals surface area contributed by atoms with Gasteiger partial charge in [0.1, 0.15) is 6.42 Å². The van der Waals surface area contributed by atoms with Crippen molar-refractivity contribution in [3.8, 4) is 0 Å². The number of carboxylic acid groups (broad SMARTS) is 1. The Morgan fingerprint density at radius 1 is 1.53 bits per heavy atom. The third-order valence-electron chi connectivity index (χ3n) is 2.06. The SMILES string of the molecule is O=C(O)Cc1nc(C2CS(=O)(=O)C2)no1. The number of carbonyl (C=O) groups is 1. The van der Waals surface area contributed by atoms with Crippen LogP contribution in [0.4, 0.5) is 0 Å². The van der Waals surface area contributed by atoms with E-state index in [1.807, 2.05) is 0 Å². The van der Waals surface area contributed by atoms with Gasteiger partial charge in [0.2, 0.25) is 5.89 Å². The van der Waals surface area contributed by atoms with Crippen molar-refractivity contribution < 1.29 is 22.8 Å². The molecule has 1 aliphatic heterocycles.